The second kappa shape index (κ2) is 5.53. The third-order valence-corrected chi connectivity index (χ3v) is 4.07. The Morgan fingerprint density at radius 2 is 1.76 bits per heavy atom. The highest BCUT2D eigenvalue weighted by atomic mass is 19.1. The first kappa shape index (κ1) is 13.6. The van der Waals surface area contributed by atoms with Crippen LogP contribution < -0.4 is 5.56 Å². The topological polar surface area (TPSA) is 45.8 Å². The van der Waals surface area contributed by atoms with Crippen molar-refractivity contribution >= 4 is 0 Å². The molecule has 2 aromatic rings. The van der Waals surface area contributed by atoms with Crippen LogP contribution in [0.4, 0.5) is 4.39 Å². The number of aromatic nitrogens is 1. The molecule has 0 aliphatic heterocycles. The number of benzene rings is 1. The van der Waals surface area contributed by atoms with Gasteiger partial charge in [-0.15, -0.1) is 0 Å². The highest BCUT2D eigenvalue weighted by molar-refractivity contribution is 5.60. The van der Waals surface area contributed by atoms with Gasteiger partial charge in [-0.25, -0.2) is 4.39 Å². The van der Waals surface area contributed by atoms with E-state index in [1.807, 2.05) is 6.07 Å². The molecule has 0 N–H and O–H groups in total. The molecule has 21 heavy (non-hydrogen) atoms. The minimum absolute atomic E-state index is 0.130. The van der Waals surface area contributed by atoms with Gasteiger partial charge in [0.15, 0.2) is 0 Å². The highest BCUT2D eigenvalue weighted by Gasteiger charge is 2.22. The van der Waals surface area contributed by atoms with E-state index in [0.717, 1.165) is 36.9 Å². The molecule has 1 aromatic carbocycles. The molecule has 106 valence electrons. The Hall–Kier alpha value is -2.41. The normalized spacial score (nSPS) is 15.0. The summed E-state index contributed by atoms with van der Waals surface area (Å²) in [5.41, 5.74) is 1.47. The fourth-order valence-corrected chi connectivity index (χ4v) is 3.02. The lowest BCUT2D eigenvalue weighted by Crippen LogP contribution is -2.26. The Labute approximate surface area is 122 Å². The van der Waals surface area contributed by atoms with Crippen LogP contribution in [0, 0.1) is 17.1 Å². The lowest BCUT2D eigenvalue weighted by atomic mass is 10.1. The van der Waals surface area contributed by atoms with Crippen molar-refractivity contribution in [2.45, 2.75) is 31.7 Å². The van der Waals surface area contributed by atoms with Crippen LogP contribution in [0.15, 0.2) is 41.2 Å². The van der Waals surface area contributed by atoms with Gasteiger partial charge < -0.3 is 4.57 Å². The van der Waals surface area contributed by atoms with Gasteiger partial charge >= 0.3 is 0 Å². The van der Waals surface area contributed by atoms with Gasteiger partial charge in [0.2, 0.25) is 0 Å². The molecule has 1 aromatic heterocycles. The molecule has 1 fully saturated rings. The van der Waals surface area contributed by atoms with Crippen LogP contribution in [0.3, 0.4) is 0 Å². The summed E-state index contributed by atoms with van der Waals surface area (Å²) in [7, 11) is 0. The van der Waals surface area contributed by atoms with Crippen molar-refractivity contribution in [1.82, 2.24) is 4.57 Å². The molecule has 0 unspecified atom stereocenters. The molecule has 3 rings (SSSR count). The molecule has 0 spiro atoms. The minimum atomic E-state index is -0.304. The quantitative estimate of drug-likeness (QED) is 0.844. The molecule has 1 saturated carbocycles. The van der Waals surface area contributed by atoms with Crippen LogP contribution in [0.25, 0.3) is 11.3 Å². The average molecular weight is 282 g/mol. The summed E-state index contributed by atoms with van der Waals surface area (Å²) in [5.74, 6) is -0.304. The Kier molecular flexibility index (Phi) is 3.57. The third kappa shape index (κ3) is 2.47. The highest BCUT2D eigenvalue weighted by Crippen LogP contribution is 2.32. The third-order valence-electron chi connectivity index (χ3n) is 4.07. The molecular weight excluding hydrogens is 267 g/mol. The zero-order chi connectivity index (χ0) is 14.8. The summed E-state index contributed by atoms with van der Waals surface area (Å²) < 4.78 is 14.8. The zero-order valence-electron chi connectivity index (χ0n) is 11.6. The van der Waals surface area contributed by atoms with E-state index in [-0.39, 0.29) is 23.0 Å². The number of halogens is 1. The zero-order valence-corrected chi connectivity index (χ0v) is 11.6. The summed E-state index contributed by atoms with van der Waals surface area (Å²) in [6, 6.07) is 11.5. The number of pyridine rings is 1. The van der Waals surface area contributed by atoms with Crippen LogP contribution in [0.2, 0.25) is 0 Å². The first-order valence-electron chi connectivity index (χ1n) is 7.12. The van der Waals surface area contributed by atoms with Crippen molar-refractivity contribution in [1.29, 1.82) is 5.26 Å². The van der Waals surface area contributed by atoms with Crippen LogP contribution in [-0.4, -0.2) is 4.57 Å². The van der Waals surface area contributed by atoms with E-state index in [4.69, 9.17) is 5.26 Å². The van der Waals surface area contributed by atoms with E-state index in [1.54, 1.807) is 28.8 Å². The van der Waals surface area contributed by atoms with E-state index in [2.05, 4.69) is 0 Å². The van der Waals surface area contributed by atoms with Crippen LogP contribution in [0.5, 0.6) is 0 Å². The fourth-order valence-electron chi connectivity index (χ4n) is 3.02. The number of nitrogens with zero attached hydrogens (tertiary/aromatic N) is 2. The maximum Gasteiger partial charge on any atom is 0.269 e. The van der Waals surface area contributed by atoms with E-state index >= 15 is 0 Å². The molecular formula is C17H15FN2O. The van der Waals surface area contributed by atoms with Crippen molar-refractivity contribution in [3.8, 4) is 17.3 Å². The number of nitriles is 1. The number of hydrogen-bond acceptors (Lipinski definition) is 2. The molecule has 0 atom stereocenters. The van der Waals surface area contributed by atoms with E-state index in [0.29, 0.717) is 0 Å². The molecule has 4 heteroatoms. The van der Waals surface area contributed by atoms with Gasteiger partial charge in [0, 0.05) is 6.04 Å². The molecule has 1 aliphatic carbocycles. The van der Waals surface area contributed by atoms with Gasteiger partial charge in [-0.1, -0.05) is 12.8 Å². The lowest BCUT2D eigenvalue weighted by molar-refractivity contribution is 0.507. The van der Waals surface area contributed by atoms with Crippen molar-refractivity contribution in [3.63, 3.8) is 0 Å². The lowest BCUT2D eigenvalue weighted by Gasteiger charge is -2.19. The molecule has 0 saturated heterocycles. The molecule has 0 radical (unpaired) electrons. The molecule has 0 amide bonds. The molecule has 3 nitrogen and oxygen atoms in total. The fraction of sp³-hybridized carbons (Fsp3) is 0.294. The first-order valence-corrected chi connectivity index (χ1v) is 7.12. The molecule has 0 bridgehead atoms. The standard InChI is InChI=1S/C17H15FN2O/c18-14-8-5-12(6-9-14)16-10-7-13(11-19)17(21)20(16)15-3-1-2-4-15/h5-10,15H,1-4H2. The smallest absolute Gasteiger partial charge is 0.269 e. The number of hydrogen-bond donors (Lipinski definition) is 0. The van der Waals surface area contributed by atoms with E-state index in [1.165, 1.54) is 12.1 Å². The summed E-state index contributed by atoms with van der Waals surface area (Å²) in [4.78, 5) is 12.5. The Morgan fingerprint density at radius 3 is 2.38 bits per heavy atom. The van der Waals surface area contributed by atoms with Crippen molar-refractivity contribution in [3.05, 3.63) is 58.1 Å². The van der Waals surface area contributed by atoms with Crippen molar-refractivity contribution in [2.75, 3.05) is 0 Å². The van der Waals surface area contributed by atoms with Gasteiger partial charge in [0.1, 0.15) is 17.4 Å². The Bertz CT molecular complexity index is 750. The molecule has 1 heterocycles. The van der Waals surface area contributed by atoms with Crippen molar-refractivity contribution < 1.29 is 4.39 Å². The summed E-state index contributed by atoms with van der Waals surface area (Å²) in [5, 5.41) is 9.07. The SMILES string of the molecule is N#Cc1ccc(-c2ccc(F)cc2)n(C2CCCC2)c1=O. The number of rotatable bonds is 2. The predicted octanol–water partition coefficient (Wildman–Crippen LogP) is 3.64. The monoisotopic (exact) mass is 282 g/mol. The summed E-state index contributed by atoms with van der Waals surface area (Å²) in [6.07, 6.45) is 4.08. The summed E-state index contributed by atoms with van der Waals surface area (Å²) in [6.45, 7) is 0. The maximum absolute atomic E-state index is 13.1. The van der Waals surface area contributed by atoms with E-state index in [9.17, 15) is 9.18 Å². The van der Waals surface area contributed by atoms with Gasteiger partial charge in [-0.2, -0.15) is 5.26 Å². The maximum atomic E-state index is 13.1. The van der Waals surface area contributed by atoms with Gasteiger partial charge in [0.05, 0.1) is 5.69 Å². The Morgan fingerprint density at radius 1 is 1.10 bits per heavy atom. The molecule has 1 aliphatic rings. The predicted molar refractivity (Wildman–Crippen MR) is 78.3 cm³/mol. The van der Waals surface area contributed by atoms with Crippen LogP contribution >= 0.6 is 0 Å². The van der Waals surface area contributed by atoms with Crippen molar-refractivity contribution in [2.24, 2.45) is 0 Å². The van der Waals surface area contributed by atoms with Gasteiger partial charge in [-0.05, 0) is 54.8 Å². The van der Waals surface area contributed by atoms with Crippen LogP contribution in [0.1, 0.15) is 37.3 Å². The Balaban J connectivity index is 2.20. The van der Waals surface area contributed by atoms with Gasteiger partial charge in [-0.3, -0.25) is 4.79 Å². The second-order valence-electron chi connectivity index (χ2n) is 5.36. The summed E-state index contributed by atoms with van der Waals surface area (Å²) >= 11 is 0. The second-order valence-corrected chi connectivity index (χ2v) is 5.36. The largest absolute Gasteiger partial charge is 0.304 e. The first-order chi connectivity index (χ1) is 10.2. The van der Waals surface area contributed by atoms with E-state index < -0.39 is 0 Å². The average Bonchev–Trinajstić information content (AvgIpc) is 3.01. The van der Waals surface area contributed by atoms with Crippen LogP contribution in [-0.2, 0) is 0 Å². The van der Waals surface area contributed by atoms with Gasteiger partial charge in [0.25, 0.3) is 5.56 Å². The minimum Gasteiger partial charge on any atom is -0.304 e.